The number of rotatable bonds is 4. The predicted molar refractivity (Wildman–Crippen MR) is 109 cm³/mol. The SMILES string of the molecule is CCCC1CC(=O)N(Cc2c(C)nn3cc(C#Cc4ccccc4)cnc23)C1. The Hall–Kier alpha value is -3.13. The molecule has 1 atom stereocenters. The fraction of sp³-hybridized carbons (Fsp3) is 0.348. The highest BCUT2D eigenvalue weighted by Gasteiger charge is 2.30. The van der Waals surface area contributed by atoms with E-state index in [1.54, 1.807) is 10.7 Å². The minimum Gasteiger partial charge on any atom is -0.338 e. The molecule has 1 aromatic carbocycles. The molecule has 1 amide bonds. The first-order valence-electron chi connectivity index (χ1n) is 9.82. The quantitative estimate of drug-likeness (QED) is 0.658. The topological polar surface area (TPSA) is 50.5 Å². The number of hydrogen-bond donors (Lipinski definition) is 0. The molecule has 3 aromatic rings. The summed E-state index contributed by atoms with van der Waals surface area (Å²) in [6.07, 6.45) is 6.58. The minimum absolute atomic E-state index is 0.238. The Morgan fingerprint density at radius 2 is 1.96 bits per heavy atom. The average molecular weight is 372 g/mol. The smallest absolute Gasteiger partial charge is 0.223 e. The molecule has 1 saturated heterocycles. The summed E-state index contributed by atoms with van der Waals surface area (Å²) in [7, 11) is 0. The van der Waals surface area contributed by atoms with Gasteiger partial charge in [0.05, 0.1) is 17.8 Å². The number of carbonyl (C=O) groups excluding carboxylic acids is 1. The van der Waals surface area contributed by atoms with Crippen LogP contribution in [0.3, 0.4) is 0 Å². The van der Waals surface area contributed by atoms with Crippen LogP contribution in [0, 0.1) is 24.7 Å². The molecule has 1 fully saturated rings. The molecular formula is C23H24N4O. The van der Waals surface area contributed by atoms with Crippen molar-refractivity contribution in [2.75, 3.05) is 6.54 Å². The Bertz CT molecular complexity index is 1060. The molecule has 0 radical (unpaired) electrons. The lowest BCUT2D eigenvalue weighted by Crippen LogP contribution is -2.25. The van der Waals surface area contributed by atoms with Gasteiger partial charge in [0, 0.05) is 36.5 Å². The van der Waals surface area contributed by atoms with E-state index in [4.69, 9.17) is 0 Å². The maximum absolute atomic E-state index is 12.4. The van der Waals surface area contributed by atoms with E-state index >= 15 is 0 Å². The van der Waals surface area contributed by atoms with E-state index in [2.05, 4.69) is 28.8 Å². The van der Waals surface area contributed by atoms with Crippen molar-refractivity contribution in [3.05, 3.63) is 65.1 Å². The Morgan fingerprint density at radius 1 is 1.18 bits per heavy atom. The number of carbonyl (C=O) groups is 1. The molecule has 3 heterocycles. The van der Waals surface area contributed by atoms with Crippen molar-refractivity contribution in [1.29, 1.82) is 0 Å². The van der Waals surface area contributed by atoms with E-state index in [1.807, 2.05) is 48.4 Å². The van der Waals surface area contributed by atoms with Crippen LogP contribution in [0.15, 0.2) is 42.7 Å². The fourth-order valence-corrected chi connectivity index (χ4v) is 3.81. The fourth-order valence-electron chi connectivity index (χ4n) is 3.81. The lowest BCUT2D eigenvalue weighted by atomic mass is 10.0. The van der Waals surface area contributed by atoms with Gasteiger partial charge >= 0.3 is 0 Å². The van der Waals surface area contributed by atoms with E-state index in [0.717, 1.165) is 47.4 Å². The first kappa shape index (κ1) is 18.2. The van der Waals surface area contributed by atoms with Crippen molar-refractivity contribution in [1.82, 2.24) is 19.5 Å². The zero-order chi connectivity index (χ0) is 19.5. The summed E-state index contributed by atoms with van der Waals surface area (Å²) in [6, 6.07) is 9.88. The molecule has 0 bridgehead atoms. The third-order valence-corrected chi connectivity index (χ3v) is 5.23. The second-order valence-electron chi connectivity index (χ2n) is 7.42. The number of fused-ring (bicyclic) bond motifs is 1. The Balaban J connectivity index is 1.57. The third kappa shape index (κ3) is 3.77. The molecule has 4 rings (SSSR count). The number of likely N-dealkylation sites (tertiary alicyclic amines) is 1. The van der Waals surface area contributed by atoms with E-state index in [9.17, 15) is 4.79 Å². The second kappa shape index (κ2) is 7.85. The van der Waals surface area contributed by atoms with Crippen LogP contribution in [-0.4, -0.2) is 31.9 Å². The van der Waals surface area contributed by atoms with Crippen LogP contribution in [0.2, 0.25) is 0 Å². The predicted octanol–water partition coefficient (Wildman–Crippen LogP) is 3.59. The monoisotopic (exact) mass is 372 g/mol. The van der Waals surface area contributed by atoms with Gasteiger partial charge in [-0.15, -0.1) is 0 Å². The van der Waals surface area contributed by atoms with Crippen molar-refractivity contribution in [3.8, 4) is 11.8 Å². The standard InChI is InChI=1S/C23H24N4O/c1-3-7-19-12-22(28)26(14-19)16-21-17(2)25-27-15-20(13-24-23(21)27)11-10-18-8-5-4-6-9-18/h4-6,8-9,13,15,19H,3,7,12,14,16H2,1-2H3. The molecule has 1 aliphatic rings. The van der Waals surface area contributed by atoms with Gasteiger partial charge in [-0.1, -0.05) is 43.4 Å². The van der Waals surface area contributed by atoms with Gasteiger partial charge in [0.1, 0.15) is 0 Å². The molecule has 5 heteroatoms. The molecule has 0 N–H and O–H groups in total. The lowest BCUT2D eigenvalue weighted by Gasteiger charge is -2.16. The molecule has 0 aliphatic carbocycles. The van der Waals surface area contributed by atoms with Gasteiger partial charge in [0.25, 0.3) is 0 Å². The summed E-state index contributed by atoms with van der Waals surface area (Å²) in [5.74, 6) is 7.01. The zero-order valence-electron chi connectivity index (χ0n) is 16.4. The Labute approximate surface area is 165 Å². The molecule has 0 spiro atoms. The summed E-state index contributed by atoms with van der Waals surface area (Å²) in [6.45, 7) is 5.56. The van der Waals surface area contributed by atoms with E-state index in [1.165, 1.54) is 0 Å². The molecule has 28 heavy (non-hydrogen) atoms. The zero-order valence-corrected chi connectivity index (χ0v) is 16.4. The summed E-state index contributed by atoms with van der Waals surface area (Å²) in [5, 5.41) is 4.60. The third-order valence-electron chi connectivity index (χ3n) is 5.23. The molecular weight excluding hydrogens is 348 g/mol. The Morgan fingerprint density at radius 3 is 2.75 bits per heavy atom. The van der Waals surface area contributed by atoms with Gasteiger partial charge in [-0.3, -0.25) is 4.79 Å². The normalized spacial score (nSPS) is 16.4. The van der Waals surface area contributed by atoms with Crippen LogP contribution in [0.25, 0.3) is 5.65 Å². The summed E-state index contributed by atoms with van der Waals surface area (Å²) >= 11 is 0. The van der Waals surface area contributed by atoms with Crippen molar-refractivity contribution in [3.63, 3.8) is 0 Å². The first-order valence-corrected chi connectivity index (χ1v) is 9.82. The average Bonchev–Trinajstić information content (AvgIpc) is 3.20. The molecule has 0 saturated carbocycles. The van der Waals surface area contributed by atoms with Crippen LogP contribution in [0.5, 0.6) is 0 Å². The number of amides is 1. The second-order valence-corrected chi connectivity index (χ2v) is 7.42. The molecule has 1 aliphatic heterocycles. The van der Waals surface area contributed by atoms with Crippen LogP contribution in [0.4, 0.5) is 0 Å². The summed E-state index contributed by atoms with van der Waals surface area (Å²) in [5.41, 5.74) is 4.51. The molecule has 5 nitrogen and oxygen atoms in total. The number of nitrogens with zero attached hydrogens (tertiary/aromatic N) is 4. The van der Waals surface area contributed by atoms with Gasteiger partial charge in [0.15, 0.2) is 5.65 Å². The maximum atomic E-state index is 12.4. The van der Waals surface area contributed by atoms with Gasteiger partial charge in [0.2, 0.25) is 5.91 Å². The maximum Gasteiger partial charge on any atom is 0.223 e. The van der Waals surface area contributed by atoms with Crippen molar-refractivity contribution in [2.24, 2.45) is 5.92 Å². The molecule has 2 aromatic heterocycles. The van der Waals surface area contributed by atoms with Gasteiger partial charge in [-0.25, -0.2) is 9.50 Å². The first-order chi connectivity index (χ1) is 13.6. The highest BCUT2D eigenvalue weighted by molar-refractivity contribution is 5.79. The number of hydrogen-bond acceptors (Lipinski definition) is 3. The number of aryl methyl sites for hydroxylation is 1. The largest absolute Gasteiger partial charge is 0.338 e. The van der Waals surface area contributed by atoms with Crippen LogP contribution < -0.4 is 0 Å². The van der Waals surface area contributed by atoms with Gasteiger partial charge in [-0.05, 0) is 31.4 Å². The van der Waals surface area contributed by atoms with Crippen molar-refractivity contribution in [2.45, 2.75) is 39.7 Å². The van der Waals surface area contributed by atoms with Crippen LogP contribution >= 0.6 is 0 Å². The highest BCUT2D eigenvalue weighted by Crippen LogP contribution is 2.25. The highest BCUT2D eigenvalue weighted by atomic mass is 16.2. The molecule has 1 unspecified atom stereocenters. The van der Waals surface area contributed by atoms with Gasteiger partial charge in [-0.2, -0.15) is 5.10 Å². The molecule has 142 valence electrons. The lowest BCUT2D eigenvalue weighted by molar-refractivity contribution is -0.128. The van der Waals surface area contributed by atoms with Crippen LogP contribution in [-0.2, 0) is 11.3 Å². The van der Waals surface area contributed by atoms with Crippen LogP contribution in [0.1, 0.15) is 48.6 Å². The number of aromatic nitrogens is 3. The van der Waals surface area contributed by atoms with E-state index < -0.39 is 0 Å². The Kier molecular flexibility index (Phi) is 5.12. The van der Waals surface area contributed by atoms with Crippen molar-refractivity contribution >= 4 is 11.6 Å². The van der Waals surface area contributed by atoms with Crippen molar-refractivity contribution < 1.29 is 4.79 Å². The van der Waals surface area contributed by atoms with E-state index in [-0.39, 0.29) is 5.91 Å². The van der Waals surface area contributed by atoms with Gasteiger partial charge < -0.3 is 4.90 Å². The van der Waals surface area contributed by atoms with E-state index in [0.29, 0.717) is 18.9 Å². The minimum atomic E-state index is 0.238. The summed E-state index contributed by atoms with van der Waals surface area (Å²) in [4.78, 5) is 18.9. The summed E-state index contributed by atoms with van der Waals surface area (Å²) < 4.78 is 1.78. The number of benzene rings is 1.